The van der Waals surface area contributed by atoms with E-state index in [0.717, 1.165) is 29.7 Å². The summed E-state index contributed by atoms with van der Waals surface area (Å²) in [5, 5.41) is 5.44. The molecule has 2 heterocycles. The lowest BCUT2D eigenvalue weighted by Crippen LogP contribution is -2.23. The fourth-order valence-corrected chi connectivity index (χ4v) is 4.35. The Balaban J connectivity index is 1.78. The number of carbonyl (C=O) groups excluding carboxylic acids is 1. The molecule has 0 radical (unpaired) electrons. The second-order valence-electron chi connectivity index (χ2n) is 6.42. The minimum Gasteiger partial charge on any atom is -0.325 e. The first kappa shape index (κ1) is 19.6. The molecule has 0 saturated carbocycles. The van der Waals surface area contributed by atoms with Gasteiger partial charge in [0.05, 0.1) is 11.3 Å². The van der Waals surface area contributed by atoms with E-state index >= 15 is 0 Å². The highest BCUT2D eigenvalue weighted by Crippen LogP contribution is 2.22. The molecule has 1 aromatic carbocycles. The van der Waals surface area contributed by atoms with E-state index in [1.807, 2.05) is 43.5 Å². The number of unbranched alkanes of at least 4 members (excludes halogenated alkanes) is 1. The van der Waals surface area contributed by atoms with Crippen LogP contribution < -0.4 is 10.9 Å². The van der Waals surface area contributed by atoms with Gasteiger partial charge in [0, 0.05) is 12.2 Å². The second kappa shape index (κ2) is 8.71. The van der Waals surface area contributed by atoms with Crippen LogP contribution in [0.3, 0.4) is 0 Å². The van der Waals surface area contributed by atoms with Crippen molar-refractivity contribution in [2.24, 2.45) is 0 Å². The summed E-state index contributed by atoms with van der Waals surface area (Å²) in [4.78, 5) is 29.8. The van der Waals surface area contributed by atoms with E-state index in [-0.39, 0.29) is 17.2 Å². The Morgan fingerprint density at radius 2 is 2.11 bits per heavy atom. The third kappa shape index (κ3) is 4.42. The predicted octanol–water partition coefficient (Wildman–Crippen LogP) is 4.61. The molecule has 142 valence electrons. The SMILES string of the molecule is CCCCn1c(SCC(=O)Nc2cccc(C)c2C)nc2ccsc2c1=O. The van der Waals surface area contributed by atoms with Gasteiger partial charge in [0.2, 0.25) is 5.91 Å². The summed E-state index contributed by atoms with van der Waals surface area (Å²) in [5.41, 5.74) is 3.72. The van der Waals surface area contributed by atoms with Crippen LogP contribution in [0.15, 0.2) is 39.6 Å². The van der Waals surface area contributed by atoms with Crippen molar-refractivity contribution < 1.29 is 4.79 Å². The molecule has 1 N–H and O–H groups in total. The van der Waals surface area contributed by atoms with Crippen LogP contribution in [0.2, 0.25) is 0 Å². The monoisotopic (exact) mass is 401 g/mol. The van der Waals surface area contributed by atoms with Crippen molar-refractivity contribution in [3.63, 3.8) is 0 Å². The first-order valence-electron chi connectivity index (χ1n) is 8.98. The van der Waals surface area contributed by atoms with Gasteiger partial charge in [-0.1, -0.05) is 37.2 Å². The maximum atomic E-state index is 12.8. The van der Waals surface area contributed by atoms with Gasteiger partial charge >= 0.3 is 0 Å². The molecule has 3 rings (SSSR count). The van der Waals surface area contributed by atoms with Crippen LogP contribution in [0.25, 0.3) is 10.2 Å². The van der Waals surface area contributed by atoms with Gasteiger partial charge in [-0.15, -0.1) is 11.3 Å². The number of nitrogens with zero attached hydrogens (tertiary/aromatic N) is 2. The number of hydrogen-bond acceptors (Lipinski definition) is 5. The quantitative estimate of drug-likeness (QED) is 0.464. The highest BCUT2D eigenvalue weighted by Gasteiger charge is 2.14. The summed E-state index contributed by atoms with van der Waals surface area (Å²) in [6.45, 7) is 6.72. The average Bonchev–Trinajstić information content (AvgIpc) is 3.12. The van der Waals surface area contributed by atoms with Crippen LogP contribution in [-0.4, -0.2) is 21.2 Å². The number of aryl methyl sites for hydroxylation is 1. The second-order valence-corrected chi connectivity index (χ2v) is 8.28. The molecule has 0 unspecified atom stereocenters. The number of aromatic nitrogens is 2. The number of hydrogen-bond donors (Lipinski definition) is 1. The average molecular weight is 402 g/mol. The standard InChI is InChI=1S/C20H23N3O2S2/c1-4-5-10-23-19(25)18-16(9-11-26-18)22-20(23)27-12-17(24)21-15-8-6-7-13(2)14(15)3/h6-9,11H,4-5,10,12H2,1-3H3,(H,21,24). The molecule has 27 heavy (non-hydrogen) atoms. The molecule has 0 aliphatic carbocycles. The lowest BCUT2D eigenvalue weighted by molar-refractivity contribution is -0.113. The minimum absolute atomic E-state index is 0.0131. The number of amides is 1. The van der Waals surface area contributed by atoms with Crippen molar-refractivity contribution in [3.05, 3.63) is 51.1 Å². The Labute approximate surface area is 166 Å². The van der Waals surface area contributed by atoms with Gasteiger partial charge in [-0.3, -0.25) is 14.2 Å². The highest BCUT2D eigenvalue weighted by molar-refractivity contribution is 7.99. The van der Waals surface area contributed by atoms with E-state index < -0.39 is 0 Å². The molecule has 2 aromatic heterocycles. The van der Waals surface area contributed by atoms with Crippen molar-refractivity contribution in [3.8, 4) is 0 Å². The summed E-state index contributed by atoms with van der Waals surface area (Å²) in [7, 11) is 0. The Morgan fingerprint density at radius 1 is 1.30 bits per heavy atom. The van der Waals surface area contributed by atoms with Crippen LogP contribution >= 0.6 is 23.1 Å². The highest BCUT2D eigenvalue weighted by atomic mass is 32.2. The fraction of sp³-hybridized carbons (Fsp3) is 0.350. The van der Waals surface area contributed by atoms with E-state index in [0.29, 0.717) is 21.9 Å². The first-order chi connectivity index (χ1) is 13.0. The summed E-state index contributed by atoms with van der Waals surface area (Å²) in [6.07, 6.45) is 1.90. The number of thiophene rings is 1. The number of rotatable bonds is 7. The number of carbonyl (C=O) groups is 1. The van der Waals surface area contributed by atoms with Crippen LogP contribution in [-0.2, 0) is 11.3 Å². The largest absolute Gasteiger partial charge is 0.325 e. The zero-order chi connectivity index (χ0) is 19.4. The van der Waals surface area contributed by atoms with Gasteiger partial charge in [-0.2, -0.15) is 0 Å². The van der Waals surface area contributed by atoms with Gasteiger partial charge in [-0.25, -0.2) is 4.98 Å². The molecule has 0 aliphatic rings. The Kier molecular flexibility index (Phi) is 6.34. The third-order valence-corrected chi connectivity index (χ3v) is 6.35. The van der Waals surface area contributed by atoms with E-state index in [1.54, 1.807) is 4.57 Å². The normalized spacial score (nSPS) is 11.1. The minimum atomic E-state index is -0.101. The molecular weight excluding hydrogens is 378 g/mol. The fourth-order valence-electron chi connectivity index (χ4n) is 2.75. The maximum Gasteiger partial charge on any atom is 0.272 e. The molecule has 3 aromatic rings. The first-order valence-corrected chi connectivity index (χ1v) is 10.8. The van der Waals surface area contributed by atoms with Crippen LogP contribution in [0.1, 0.15) is 30.9 Å². The third-order valence-electron chi connectivity index (χ3n) is 4.48. The van der Waals surface area contributed by atoms with Gasteiger partial charge in [0.25, 0.3) is 5.56 Å². The van der Waals surface area contributed by atoms with Gasteiger partial charge in [0.1, 0.15) is 4.70 Å². The molecule has 5 nitrogen and oxygen atoms in total. The van der Waals surface area contributed by atoms with E-state index in [1.165, 1.54) is 23.1 Å². The Bertz CT molecular complexity index is 1020. The zero-order valence-electron chi connectivity index (χ0n) is 15.7. The molecule has 0 bridgehead atoms. The van der Waals surface area contributed by atoms with Crippen molar-refractivity contribution in [2.75, 3.05) is 11.1 Å². The van der Waals surface area contributed by atoms with Crippen molar-refractivity contribution in [1.29, 1.82) is 0 Å². The summed E-state index contributed by atoms with van der Waals surface area (Å²) < 4.78 is 2.38. The van der Waals surface area contributed by atoms with Gasteiger partial charge in [0.15, 0.2) is 5.16 Å². The van der Waals surface area contributed by atoms with Crippen molar-refractivity contribution in [1.82, 2.24) is 9.55 Å². The number of anilines is 1. The molecular formula is C20H23N3O2S2. The van der Waals surface area contributed by atoms with E-state index in [2.05, 4.69) is 17.2 Å². The molecule has 1 amide bonds. The molecule has 0 saturated heterocycles. The molecule has 0 fully saturated rings. The Hall–Kier alpha value is -2.12. The summed E-state index contributed by atoms with van der Waals surface area (Å²) >= 11 is 2.73. The van der Waals surface area contributed by atoms with Gasteiger partial charge in [-0.05, 0) is 48.9 Å². The van der Waals surface area contributed by atoms with Crippen molar-refractivity contribution in [2.45, 2.75) is 45.3 Å². The summed E-state index contributed by atoms with van der Waals surface area (Å²) in [6, 6.07) is 7.70. The maximum absolute atomic E-state index is 12.8. The molecule has 0 atom stereocenters. The van der Waals surface area contributed by atoms with Crippen molar-refractivity contribution >= 4 is 44.9 Å². The number of fused-ring (bicyclic) bond motifs is 1. The summed E-state index contributed by atoms with van der Waals surface area (Å²) in [5.74, 6) is 0.108. The van der Waals surface area contributed by atoms with Crippen LogP contribution in [0.5, 0.6) is 0 Å². The lowest BCUT2D eigenvalue weighted by Gasteiger charge is -2.12. The van der Waals surface area contributed by atoms with Crippen LogP contribution in [0.4, 0.5) is 5.69 Å². The van der Waals surface area contributed by atoms with E-state index in [4.69, 9.17) is 0 Å². The molecule has 0 aliphatic heterocycles. The zero-order valence-corrected chi connectivity index (χ0v) is 17.4. The van der Waals surface area contributed by atoms with E-state index in [9.17, 15) is 9.59 Å². The Morgan fingerprint density at radius 3 is 2.89 bits per heavy atom. The van der Waals surface area contributed by atoms with Crippen LogP contribution in [0, 0.1) is 13.8 Å². The smallest absolute Gasteiger partial charge is 0.272 e. The topological polar surface area (TPSA) is 64.0 Å². The molecule has 0 spiro atoms. The number of benzene rings is 1. The predicted molar refractivity (Wildman–Crippen MR) is 114 cm³/mol. The number of thioether (sulfide) groups is 1. The van der Waals surface area contributed by atoms with Gasteiger partial charge < -0.3 is 5.32 Å². The lowest BCUT2D eigenvalue weighted by atomic mass is 10.1. The molecule has 7 heteroatoms. The number of nitrogens with one attached hydrogen (secondary N) is 1.